The van der Waals surface area contributed by atoms with Gasteiger partial charge >= 0.3 is 0 Å². The topological polar surface area (TPSA) is 49.7 Å². The molecule has 1 rings (SSSR count). The maximum Gasteiger partial charge on any atom is 0.122 e. The highest BCUT2D eigenvalue weighted by atomic mass is 35.5. The third-order valence-corrected chi connectivity index (χ3v) is 2.61. The molecule has 0 bridgehead atoms. The fourth-order valence-electron chi connectivity index (χ4n) is 1.33. The smallest absolute Gasteiger partial charge is 0.122 e. The number of hydrogen-bond donors (Lipinski definition) is 2. The first-order chi connectivity index (χ1) is 7.10. The molecule has 1 aromatic carbocycles. The zero-order valence-electron chi connectivity index (χ0n) is 8.77. The minimum Gasteiger partial charge on any atom is -0.496 e. The number of methoxy groups -OCH3 is 1. The second-order valence-corrected chi connectivity index (χ2v) is 3.70. The molecule has 0 saturated heterocycles. The normalized spacial score (nSPS) is 14.7. The average Bonchev–Trinajstić information content (AvgIpc) is 2.27. The fourth-order valence-corrected chi connectivity index (χ4v) is 1.50. The maximum absolute atomic E-state index is 9.71. The quantitative estimate of drug-likeness (QED) is 0.774. The van der Waals surface area contributed by atoms with E-state index in [9.17, 15) is 10.2 Å². The van der Waals surface area contributed by atoms with Gasteiger partial charge in [0.1, 0.15) is 11.9 Å². The Kier molecular flexibility index (Phi) is 4.39. The Hall–Kier alpha value is -0.770. The highest BCUT2D eigenvalue weighted by Gasteiger charge is 2.18. The number of aryl methyl sites for hydroxylation is 1. The summed E-state index contributed by atoms with van der Waals surface area (Å²) in [6, 6.07) is 5.28. The van der Waals surface area contributed by atoms with E-state index in [-0.39, 0.29) is 5.88 Å². The summed E-state index contributed by atoms with van der Waals surface area (Å²) < 4.78 is 5.12. The summed E-state index contributed by atoms with van der Waals surface area (Å²) in [6.07, 6.45) is -1.93. The summed E-state index contributed by atoms with van der Waals surface area (Å²) in [5.74, 6) is 0.686. The largest absolute Gasteiger partial charge is 0.496 e. The van der Waals surface area contributed by atoms with Crippen molar-refractivity contribution in [1.29, 1.82) is 0 Å². The van der Waals surface area contributed by atoms with Crippen LogP contribution >= 0.6 is 11.6 Å². The van der Waals surface area contributed by atoms with Gasteiger partial charge in [0.15, 0.2) is 0 Å². The van der Waals surface area contributed by atoms with E-state index in [1.54, 1.807) is 19.2 Å². The second kappa shape index (κ2) is 5.35. The van der Waals surface area contributed by atoms with Gasteiger partial charge in [0.05, 0.1) is 19.1 Å². The van der Waals surface area contributed by atoms with Crippen molar-refractivity contribution in [2.45, 2.75) is 19.1 Å². The zero-order valence-corrected chi connectivity index (χ0v) is 9.53. The van der Waals surface area contributed by atoms with Crippen LogP contribution in [0.1, 0.15) is 17.2 Å². The van der Waals surface area contributed by atoms with Crippen LogP contribution in [0, 0.1) is 6.92 Å². The van der Waals surface area contributed by atoms with E-state index in [0.717, 1.165) is 5.56 Å². The number of ether oxygens (including phenoxy) is 1. The Labute approximate surface area is 94.3 Å². The number of hydrogen-bond acceptors (Lipinski definition) is 3. The molecule has 0 aliphatic heterocycles. The maximum atomic E-state index is 9.71. The van der Waals surface area contributed by atoms with Crippen LogP contribution in [0.2, 0.25) is 0 Å². The molecule has 1 aromatic rings. The number of rotatable bonds is 4. The van der Waals surface area contributed by atoms with Gasteiger partial charge in [-0.2, -0.15) is 0 Å². The van der Waals surface area contributed by atoms with Crippen LogP contribution in [0.15, 0.2) is 18.2 Å². The van der Waals surface area contributed by atoms with E-state index in [0.29, 0.717) is 11.3 Å². The van der Waals surface area contributed by atoms with E-state index in [1.807, 2.05) is 13.0 Å². The molecule has 84 valence electrons. The number of aliphatic hydroxyl groups is 2. The van der Waals surface area contributed by atoms with Crippen molar-refractivity contribution >= 4 is 11.6 Å². The highest BCUT2D eigenvalue weighted by molar-refractivity contribution is 6.18. The molecule has 3 nitrogen and oxygen atoms in total. The lowest BCUT2D eigenvalue weighted by Crippen LogP contribution is -2.19. The van der Waals surface area contributed by atoms with Crippen LogP contribution in [-0.2, 0) is 0 Å². The van der Waals surface area contributed by atoms with Gasteiger partial charge in [0.2, 0.25) is 0 Å². The Morgan fingerprint density at radius 1 is 1.40 bits per heavy atom. The molecule has 0 heterocycles. The number of benzene rings is 1. The first kappa shape index (κ1) is 12.3. The summed E-state index contributed by atoms with van der Waals surface area (Å²) >= 11 is 5.46. The molecule has 0 saturated carbocycles. The van der Waals surface area contributed by atoms with E-state index in [2.05, 4.69) is 0 Å². The molecule has 0 aliphatic rings. The standard InChI is InChI=1S/C11H15ClO3/c1-7-3-4-8(5-10(7)15-2)11(14)9(13)6-12/h3-5,9,11,13-14H,6H2,1-2H3. The highest BCUT2D eigenvalue weighted by Crippen LogP contribution is 2.25. The third kappa shape index (κ3) is 2.84. The van der Waals surface area contributed by atoms with Crippen molar-refractivity contribution in [3.8, 4) is 5.75 Å². The zero-order chi connectivity index (χ0) is 11.4. The molecule has 2 unspecified atom stereocenters. The van der Waals surface area contributed by atoms with Gasteiger partial charge in [0.25, 0.3) is 0 Å². The van der Waals surface area contributed by atoms with E-state index < -0.39 is 12.2 Å². The first-order valence-electron chi connectivity index (χ1n) is 4.66. The summed E-state index contributed by atoms with van der Waals surface area (Å²) in [5.41, 5.74) is 1.58. The van der Waals surface area contributed by atoms with E-state index in [1.165, 1.54) is 0 Å². The molecule has 4 heteroatoms. The van der Waals surface area contributed by atoms with Gasteiger partial charge in [-0.15, -0.1) is 11.6 Å². The van der Waals surface area contributed by atoms with Gasteiger partial charge in [-0.3, -0.25) is 0 Å². The molecule has 0 amide bonds. The molecule has 0 fully saturated rings. The fraction of sp³-hybridized carbons (Fsp3) is 0.455. The van der Waals surface area contributed by atoms with Crippen LogP contribution in [0.5, 0.6) is 5.75 Å². The Morgan fingerprint density at radius 2 is 2.07 bits per heavy atom. The summed E-state index contributed by atoms with van der Waals surface area (Å²) in [6.45, 7) is 1.91. The van der Waals surface area contributed by atoms with Crippen LogP contribution in [0.3, 0.4) is 0 Å². The summed E-state index contributed by atoms with van der Waals surface area (Å²) in [5, 5.41) is 19.1. The number of alkyl halides is 1. The average molecular weight is 231 g/mol. The van der Waals surface area contributed by atoms with E-state index in [4.69, 9.17) is 16.3 Å². The molecule has 0 aliphatic carbocycles. The van der Waals surface area contributed by atoms with Crippen molar-refractivity contribution < 1.29 is 14.9 Å². The van der Waals surface area contributed by atoms with Gasteiger partial charge < -0.3 is 14.9 Å². The van der Waals surface area contributed by atoms with Crippen molar-refractivity contribution in [2.24, 2.45) is 0 Å². The van der Waals surface area contributed by atoms with Crippen molar-refractivity contribution in [1.82, 2.24) is 0 Å². The van der Waals surface area contributed by atoms with Crippen molar-refractivity contribution in [2.75, 3.05) is 13.0 Å². The molecule has 15 heavy (non-hydrogen) atoms. The monoisotopic (exact) mass is 230 g/mol. The lowest BCUT2D eigenvalue weighted by molar-refractivity contribution is 0.0326. The Bertz CT molecular complexity index is 328. The Morgan fingerprint density at radius 3 is 2.60 bits per heavy atom. The molecular weight excluding hydrogens is 216 g/mol. The van der Waals surface area contributed by atoms with Gasteiger partial charge in [0, 0.05) is 0 Å². The molecule has 0 radical (unpaired) electrons. The Balaban J connectivity index is 2.95. The van der Waals surface area contributed by atoms with Gasteiger partial charge in [-0.25, -0.2) is 0 Å². The summed E-state index contributed by atoms with van der Waals surface area (Å²) in [4.78, 5) is 0. The number of halogens is 1. The minimum absolute atomic E-state index is 0.00262. The van der Waals surface area contributed by atoms with E-state index >= 15 is 0 Å². The molecular formula is C11H15ClO3. The number of aliphatic hydroxyl groups excluding tert-OH is 2. The van der Waals surface area contributed by atoms with Crippen molar-refractivity contribution in [3.05, 3.63) is 29.3 Å². The molecule has 2 N–H and O–H groups in total. The SMILES string of the molecule is COc1cc(C(O)C(O)CCl)ccc1C. The molecule has 0 spiro atoms. The third-order valence-electron chi connectivity index (χ3n) is 2.30. The van der Waals surface area contributed by atoms with Crippen LogP contribution < -0.4 is 4.74 Å². The van der Waals surface area contributed by atoms with Gasteiger partial charge in [-0.1, -0.05) is 12.1 Å². The first-order valence-corrected chi connectivity index (χ1v) is 5.20. The van der Waals surface area contributed by atoms with Gasteiger partial charge in [-0.05, 0) is 24.1 Å². The molecule has 0 aromatic heterocycles. The summed E-state index contributed by atoms with van der Waals surface area (Å²) in [7, 11) is 1.57. The molecule has 2 atom stereocenters. The second-order valence-electron chi connectivity index (χ2n) is 3.40. The minimum atomic E-state index is -0.975. The lowest BCUT2D eigenvalue weighted by atomic mass is 10.0. The van der Waals surface area contributed by atoms with Crippen molar-refractivity contribution in [3.63, 3.8) is 0 Å². The van der Waals surface area contributed by atoms with Crippen LogP contribution in [0.25, 0.3) is 0 Å². The predicted octanol–water partition coefficient (Wildman–Crippen LogP) is 1.64. The van der Waals surface area contributed by atoms with Crippen LogP contribution in [0.4, 0.5) is 0 Å². The predicted molar refractivity (Wildman–Crippen MR) is 59.4 cm³/mol. The lowest BCUT2D eigenvalue weighted by Gasteiger charge is -2.17. The van der Waals surface area contributed by atoms with Crippen LogP contribution in [-0.4, -0.2) is 29.3 Å².